The second-order valence-corrected chi connectivity index (χ2v) is 37.2. The van der Waals surface area contributed by atoms with Crippen LogP contribution >= 0.6 is 15.6 Å². The summed E-state index contributed by atoms with van der Waals surface area (Å²) in [4.78, 5) is 73.4. The average molecular weight is 1620 g/mol. The third-order valence-electron chi connectivity index (χ3n) is 22.0. The van der Waals surface area contributed by atoms with Crippen molar-refractivity contribution in [2.45, 2.75) is 510 Å². The van der Waals surface area contributed by atoms with Crippen molar-refractivity contribution in [3.8, 4) is 0 Å². The lowest BCUT2D eigenvalue weighted by Crippen LogP contribution is -2.30. The summed E-state index contributed by atoms with van der Waals surface area (Å²) in [5.74, 6) is 0.279. The molecule has 0 aliphatic carbocycles. The van der Waals surface area contributed by atoms with Crippen molar-refractivity contribution in [1.82, 2.24) is 0 Å². The fourth-order valence-electron chi connectivity index (χ4n) is 14.4. The molecule has 0 aliphatic heterocycles. The summed E-state index contributed by atoms with van der Waals surface area (Å²) in [5, 5.41) is 10.7. The molecule has 0 radical (unpaired) electrons. The van der Waals surface area contributed by atoms with Crippen molar-refractivity contribution in [3.05, 3.63) is 0 Å². The van der Waals surface area contributed by atoms with Gasteiger partial charge >= 0.3 is 39.5 Å². The Balaban J connectivity index is 5.22. The van der Waals surface area contributed by atoms with Crippen LogP contribution in [0.1, 0.15) is 492 Å². The van der Waals surface area contributed by atoms with Crippen molar-refractivity contribution in [2.75, 3.05) is 39.6 Å². The van der Waals surface area contributed by atoms with Crippen molar-refractivity contribution in [2.24, 2.45) is 17.8 Å². The first kappa shape index (κ1) is 109. The van der Waals surface area contributed by atoms with E-state index in [-0.39, 0.29) is 25.7 Å². The highest BCUT2D eigenvalue weighted by Gasteiger charge is 2.31. The number of unbranched alkanes of at least 4 members (excludes halogenated alkanes) is 57. The maximum atomic E-state index is 13.2. The third kappa shape index (κ3) is 84.3. The van der Waals surface area contributed by atoms with E-state index in [1.165, 1.54) is 295 Å². The highest BCUT2D eigenvalue weighted by atomic mass is 31.2. The maximum Gasteiger partial charge on any atom is 0.472 e. The van der Waals surface area contributed by atoms with Crippen molar-refractivity contribution in [3.63, 3.8) is 0 Å². The highest BCUT2D eigenvalue weighted by molar-refractivity contribution is 7.47. The van der Waals surface area contributed by atoms with E-state index in [0.29, 0.717) is 31.6 Å². The van der Waals surface area contributed by atoms with Crippen LogP contribution in [0.3, 0.4) is 0 Å². The molecule has 17 nitrogen and oxygen atoms in total. The number of hydrogen-bond acceptors (Lipinski definition) is 15. The van der Waals surface area contributed by atoms with E-state index in [4.69, 9.17) is 37.0 Å². The predicted molar refractivity (Wildman–Crippen MR) is 460 cm³/mol. The Hall–Kier alpha value is -1.94. The van der Waals surface area contributed by atoms with Crippen LogP contribution in [0.15, 0.2) is 0 Å². The molecule has 0 fully saturated rings. The van der Waals surface area contributed by atoms with E-state index < -0.39 is 97.5 Å². The molecule has 0 rings (SSSR count). The maximum absolute atomic E-state index is 13.2. The number of rotatable bonds is 90. The molecule has 0 heterocycles. The SMILES string of the molecule is CCCCCCCCCCCCCCCCCCCCCCCC(=O)OC[C@H](COP(=O)(O)OC[C@@H](O)COP(=O)(O)OC[C@@H](COC(=O)CCCCCCCCCC(C)C)OC(=O)CCCCCCCCCCCCCCCCCC(C)C)OC(=O)CCCCCCCCCCCCCCCCCCCCC(C)CC. The van der Waals surface area contributed by atoms with Crippen LogP contribution in [0.25, 0.3) is 0 Å². The fourth-order valence-corrected chi connectivity index (χ4v) is 16.0. The van der Waals surface area contributed by atoms with Crippen LogP contribution in [0.4, 0.5) is 0 Å². The summed E-state index contributed by atoms with van der Waals surface area (Å²) < 4.78 is 69.1. The summed E-state index contributed by atoms with van der Waals surface area (Å²) in [6, 6.07) is 0. The smallest absolute Gasteiger partial charge is 0.462 e. The minimum atomic E-state index is -4.97. The largest absolute Gasteiger partial charge is 0.472 e. The Kier molecular flexibility index (Phi) is 80.4. The Morgan fingerprint density at radius 2 is 0.459 bits per heavy atom. The molecular weight excluding hydrogens is 1440 g/mol. The first-order chi connectivity index (χ1) is 53.8. The van der Waals surface area contributed by atoms with E-state index in [0.717, 1.165) is 108 Å². The van der Waals surface area contributed by atoms with Gasteiger partial charge in [0.1, 0.15) is 19.3 Å². The molecular formula is C92H180O17P2. The Morgan fingerprint density at radius 3 is 0.685 bits per heavy atom. The first-order valence-corrected chi connectivity index (χ1v) is 50.4. The van der Waals surface area contributed by atoms with Gasteiger partial charge < -0.3 is 33.8 Å². The fraction of sp³-hybridized carbons (Fsp3) is 0.957. The molecule has 0 aromatic heterocycles. The number of aliphatic hydroxyl groups excluding tert-OH is 1. The molecule has 19 heteroatoms. The van der Waals surface area contributed by atoms with Crippen LogP contribution < -0.4 is 0 Å². The molecule has 3 N–H and O–H groups in total. The Morgan fingerprint density at radius 1 is 0.261 bits per heavy atom. The molecule has 660 valence electrons. The minimum Gasteiger partial charge on any atom is -0.462 e. The third-order valence-corrected chi connectivity index (χ3v) is 23.9. The molecule has 3 unspecified atom stereocenters. The average Bonchev–Trinajstić information content (AvgIpc) is 0.897. The summed E-state index contributed by atoms with van der Waals surface area (Å²) in [7, 11) is -9.94. The Bertz CT molecular complexity index is 2130. The number of carbonyl (C=O) groups excluding carboxylic acids is 4. The molecule has 0 spiro atoms. The molecule has 0 amide bonds. The molecule has 6 atom stereocenters. The number of phosphoric acid groups is 2. The lowest BCUT2D eigenvalue weighted by Gasteiger charge is -2.21. The van der Waals surface area contributed by atoms with Crippen molar-refractivity contribution < 1.29 is 80.2 Å². The lowest BCUT2D eigenvalue weighted by molar-refractivity contribution is -0.161. The minimum absolute atomic E-state index is 0.107. The van der Waals surface area contributed by atoms with Gasteiger partial charge in [0.2, 0.25) is 0 Å². The monoisotopic (exact) mass is 1620 g/mol. The van der Waals surface area contributed by atoms with Gasteiger partial charge in [0.05, 0.1) is 26.4 Å². The van der Waals surface area contributed by atoms with Gasteiger partial charge in [0, 0.05) is 25.7 Å². The summed E-state index contributed by atoms with van der Waals surface area (Å²) in [6.07, 6.45) is 75.2. The number of ether oxygens (including phenoxy) is 4. The standard InChI is InChI=1S/C92H180O17P2/c1-8-10-11-12-13-14-15-16-17-18-19-20-21-25-30-35-40-45-52-59-66-73-89(94)102-79-87(108-91(96)75-68-61-53-46-41-36-31-26-23-22-24-29-34-39-44-51-58-65-72-85(7)9-2)81-106-110(98,99)104-77-86(93)78-105-111(100,101)107-82-88(80-103-90(95)74-67-60-55-48-50-57-64-71-84(5)6)109-92(97)76-69-62-54-47-42-37-32-27-28-33-38-43-49-56-63-70-83(3)4/h83-88,93H,8-82H2,1-7H3,(H,98,99)(H,100,101)/t85?,86-,87-,88-/m1/s1. The van der Waals surface area contributed by atoms with Crippen molar-refractivity contribution >= 4 is 39.5 Å². The van der Waals surface area contributed by atoms with Gasteiger partial charge in [-0.05, 0) is 43.4 Å². The molecule has 0 saturated carbocycles. The number of esters is 4. The summed E-state index contributed by atoms with van der Waals surface area (Å²) in [6.45, 7) is 12.0. The van der Waals surface area contributed by atoms with Gasteiger partial charge in [0.15, 0.2) is 12.2 Å². The number of hydrogen-bond donors (Lipinski definition) is 3. The van der Waals surface area contributed by atoms with Gasteiger partial charge in [-0.15, -0.1) is 0 Å². The number of phosphoric ester groups is 2. The summed E-state index contributed by atoms with van der Waals surface area (Å²) in [5.41, 5.74) is 0. The molecule has 0 saturated heterocycles. The molecule has 0 bridgehead atoms. The molecule has 0 aromatic rings. The van der Waals surface area contributed by atoms with E-state index in [9.17, 15) is 43.2 Å². The molecule has 111 heavy (non-hydrogen) atoms. The number of carbonyl (C=O) groups is 4. The van der Waals surface area contributed by atoms with E-state index in [1.807, 2.05) is 0 Å². The Labute approximate surface area is 683 Å². The van der Waals surface area contributed by atoms with Gasteiger partial charge in [-0.3, -0.25) is 37.3 Å². The zero-order valence-electron chi connectivity index (χ0n) is 73.4. The van der Waals surface area contributed by atoms with Gasteiger partial charge in [-0.1, -0.05) is 440 Å². The zero-order valence-corrected chi connectivity index (χ0v) is 75.2. The normalized spacial score (nSPS) is 14.0. The summed E-state index contributed by atoms with van der Waals surface area (Å²) >= 11 is 0. The van der Waals surface area contributed by atoms with Gasteiger partial charge in [-0.25, -0.2) is 9.13 Å². The molecule has 0 aromatic carbocycles. The molecule has 0 aliphatic rings. The van der Waals surface area contributed by atoms with Crippen LogP contribution in [-0.4, -0.2) is 96.7 Å². The predicted octanol–water partition coefficient (Wildman–Crippen LogP) is 28.4. The topological polar surface area (TPSA) is 237 Å². The zero-order chi connectivity index (χ0) is 81.5. The quantitative estimate of drug-likeness (QED) is 0.0222. The highest BCUT2D eigenvalue weighted by Crippen LogP contribution is 2.45. The number of aliphatic hydroxyl groups is 1. The second kappa shape index (κ2) is 81.8. The van der Waals surface area contributed by atoms with Crippen LogP contribution in [-0.2, 0) is 65.4 Å². The van der Waals surface area contributed by atoms with E-state index in [2.05, 4.69) is 48.5 Å². The van der Waals surface area contributed by atoms with Crippen LogP contribution in [0.5, 0.6) is 0 Å². The van der Waals surface area contributed by atoms with Crippen LogP contribution in [0, 0.1) is 17.8 Å². The van der Waals surface area contributed by atoms with E-state index >= 15 is 0 Å². The second-order valence-electron chi connectivity index (χ2n) is 34.2. The van der Waals surface area contributed by atoms with Gasteiger partial charge in [0.25, 0.3) is 0 Å². The van der Waals surface area contributed by atoms with E-state index in [1.54, 1.807) is 0 Å². The van der Waals surface area contributed by atoms with Crippen LogP contribution in [0.2, 0.25) is 0 Å². The lowest BCUT2D eigenvalue weighted by atomic mass is 9.99. The van der Waals surface area contributed by atoms with Gasteiger partial charge in [-0.2, -0.15) is 0 Å². The van der Waals surface area contributed by atoms with Crippen molar-refractivity contribution in [1.29, 1.82) is 0 Å². The first-order valence-electron chi connectivity index (χ1n) is 47.4.